The predicted molar refractivity (Wildman–Crippen MR) is 156 cm³/mol. The predicted octanol–water partition coefficient (Wildman–Crippen LogP) is 5.92. The van der Waals surface area contributed by atoms with Gasteiger partial charge in [0.2, 0.25) is 0 Å². The summed E-state index contributed by atoms with van der Waals surface area (Å²) in [6.45, 7) is 0. The normalized spacial score (nSPS) is 21.2. The number of methoxy groups -OCH3 is 1. The number of nitro benzene ring substituents is 1. The highest BCUT2D eigenvalue weighted by Crippen LogP contribution is 2.61. The van der Waals surface area contributed by atoms with Gasteiger partial charge < -0.3 is 9.64 Å². The van der Waals surface area contributed by atoms with Crippen molar-refractivity contribution in [1.82, 2.24) is 0 Å². The summed E-state index contributed by atoms with van der Waals surface area (Å²) >= 11 is 0. The molecule has 0 radical (unpaired) electrons. The maximum absolute atomic E-state index is 14.7. The van der Waals surface area contributed by atoms with Gasteiger partial charge in [0.15, 0.2) is 17.3 Å². The van der Waals surface area contributed by atoms with Gasteiger partial charge in [-0.3, -0.25) is 24.5 Å². The third kappa shape index (κ3) is 3.38. The average Bonchev–Trinajstić information content (AvgIpc) is 3.47. The molecule has 42 heavy (non-hydrogen) atoms. The summed E-state index contributed by atoms with van der Waals surface area (Å²) in [6.07, 6.45) is 3.71. The molecule has 0 aromatic heterocycles. The Balaban J connectivity index is 1.54. The number of carbonyl (C=O) groups excluding carboxylic acids is 3. The molecule has 4 aromatic carbocycles. The van der Waals surface area contributed by atoms with Gasteiger partial charge in [0.1, 0.15) is 17.2 Å². The van der Waals surface area contributed by atoms with Crippen LogP contribution < -0.4 is 9.64 Å². The van der Waals surface area contributed by atoms with Crippen LogP contribution in [0.3, 0.4) is 0 Å². The Hall–Kier alpha value is -5.37. The van der Waals surface area contributed by atoms with E-state index in [2.05, 4.69) is 0 Å². The highest BCUT2D eigenvalue weighted by atomic mass is 16.6. The zero-order valence-electron chi connectivity index (χ0n) is 22.5. The number of non-ortho nitro benzene ring substituents is 1. The van der Waals surface area contributed by atoms with Crippen molar-refractivity contribution in [3.63, 3.8) is 0 Å². The molecule has 4 aromatic rings. The number of ether oxygens (including phenoxy) is 1. The average molecular weight is 557 g/mol. The maximum atomic E-state index is 14.7. The van der Waals surface area contributed by atoms with Gasteiger partial charge in [0.25, 0.3) is 5.69 Å². The van der Waals surface area contributed by atoms with Crippen molar-refractivity contribution in [2.24, 2.45) is 5.41 Å². The molecule has 0 unspecified atom stereocenters. The molecule has 1 saturated heterocycles. The topological polar surface area (TPSA) is 107 Å². The molecule has 0 saturated carbocycles. The molecule has 0 amide bonds. The van der Waals surface area contributed by atoms with Gasteiger partial charge in [-0.25, -0.2) is 0 Å². The van der Waals surface area contributed by atoms with E-state index in [1.807, 2.05) is 41.3 Å². The SMILES string of the molecule is COc1ccc(C(=O)[C@H]2[C@H](c3cccc([N+](=O)[O-])c3)C3(C(=O)c4ccccc4C3=O)[C@@H]3C=Cc4ccccc4N32)cc1. The maximum Gasteiger partial charge on any atom is 0.269 e. The van der Waals surface area contributed by atoms with E-state index < -0.39 is 28.3 Å². The Kier molecular flexibility index (Phi) is 5.69. The van der Waals surface area contributed by atoms with Crippen LogP contribution in [-0.2, 0) is 0 Å². The molecular weight excluding hydrogens is 532 g/mol. The first-order valence-corrected chi connectivity index (χ1v) is 13.5. The van der Waals surface area contributed by atoms with E-state index in [0.717, 1.165) is 5.56 Å². The zero-order chi connectivity index (χ0) is 29.2. The van der Waals surface area contributed by atoms with Gasteiger partial charge in [-0.2, -0.15) is 0 Å². The Morgan fingerprint density at radius 1 is 0.881 bits per heavy atom. The second-order valence-corrected chi connectivity index (χ2v) is 10.7. The summed E-state index contributed by atoms with van der Waals surface area (Å²) in [5.74, 6) is -1.53. The van der Waals surface area contributed by atoms with E-state index in [4.69, 9.17) is 4.74 Å². The number of ketones is 3. The van der Waals surface area contributed by atoms with Crippen molar-refractivity contribution in [3.8, 4) is 5.75 Å². The molecule has 1 aliphatic carbocycles. The molecule has 3 atom stereocenters. The minimum atomic E-state index is -1.73. The minimum absolute atomic E-state index is 0.186. The minimum Gasteiger partial charge on any atom is -0.497 e. The first-order valence-electron chi connectivity index (χ1n) is 13.5. The smallest absolute Gasteiger partial charge is 0.269 e. The highest BCUT2D eigenvalue weighted by molar-refractivity contribution is 6.32. The fourth-order valence-electron chi connectivity index (χ4n) is 7.05. The Bertz CT molecular complexity index is 1810. The van der Waals surface area contributed by atoms with Gasteiger partial charge in [-0.05, 0) is 41.5 Å². The largest absolute Gasteiger partial charge is 0.497 e. The van der Waals surface area contributed by atoms with E-state index in [1.165, 1.54) is 25.3 Å². The first-order chi connectivity index (χ1) is 20.4. The Morgan fingerprint density at radius 3 is 2.21 bits per heavy atom. The molecule has 8 heteroatoms. The lowest BCUT2D eigenvalue weighted by atomic mass is 9.64. The number of para-hydroxylation sites is 1. The molecule has 3 aliphatic rings. The summed E-state index contributed by atoms with van der Waals surface area (Å²) in [5, 5.41) is 11.9. The van der Waals surface area contributed by atoms with E-state index in [9.17, 15) is 24.5 Å². The number of fused-ring (bicyclic) bond motifs is 5. The summed E-state index contributed by atoms with van der Waals surface area (Å²) in [7, 11) is 1.53. The summed E-state index contributed by atoms with van der Waals surface area (Å²) in [6, 6.07) is 25.0. The number of hydrogen-bond donors (Lipinski definition) is 0. The van der Waals surface area contributed by atoms with Crippen molar-refractivity contribution < 1.29 is 24.0 Å². The fourth-order valence-corrected chi connectivity index (χ4v) is 7.05. The lowest BCUT2D eigenvalue weighted by molar-refractivity contribution is -0.384. The third-order valence-electron chi connectivity index (χ3n) is 8.80. The molecule has 2 aliphatic heterocycles. The highest BCUT2D eigenvalue weighted by Gasteiger charge is 2.71. The molecule has 1 spiro atoms. The van der Waals surface area contributed by atoms with Crippen LogP contribution >= 0.6 is 0 Å². The first kappa shape index (κ1) is 25.6. The standard InChI is InChI=1S/C34H24N2O6/c1-42-24-16-13-21(14-17-24)31(37)30-29(22-8-6-9-23(19-22)36(40)41)34(32(38)25-10-3-4-11-26(25)33(34)39)28-18-15-20-7-2-5-12-27(20)35(28)30/h2-19,28-30H,1H3/t28-,29-,30+/m0/s1. The molecular formula is C34H24N2O6. The number of hydrogen-bond acceptors (Lipinski definition) is 7. The van der Waals surface area contributed by atoms with E-state index in [-0.39, 0.29) is 23.0 Å². The van der Waals surface area contributed by atoms with Crippen LogP contribution in [0.1, 0.15) is 48.1 Å². The van der Waals surface area contributed by atoms with Gasteiger partial charge >= 0.3 is 0 Å². The second-order valence-electron chi connectivity index (χ2n) is 10.7. The number of carbonyl (C=O) groups is 3. The van der Waals surface area contributed by atoms with Crippen LogP contribution in [0.5, 0.6) is 5.75 Å². The fraction of sp³-hybridized carbons (Fsp3) is 0.147. The van der Waals surface area contributed by atoms with Crippen LogP contribution in [0.25, 0.3) is 6.08 Å². The monoisotopic (exact) mass is 556 g/mol. The number of nitrogens with zero attached hydrogens (tertiary/aromatic N) is 2. The van der Waals surface area contributed by atoms with Crippen LogP contribution in [0.15, 0.2) is 103 Å². The van der Waals surface area contributed by atoms with Crippen molar-refractivity contribution in [2.45, 2.75) is 18.0 Å². The zero-order valence-corrected chi connectivity index (χ0v) is 22.5. The van der Waals surface area contributed by atoms with Crippen LogP contribution in [0.2, 0.25) is 0 Å². The number of benzene rings is 4. The number of Topliss-reactive ketones (excluding diaryl/α,β-unsaturated/α-hetero) is 3. The van der Waals surface area contributed by atoms with E-state index >= 15 is 0 Å². The van der Waals surface area contributed by atoms with Crippen LogP contribution in [0.4, 0.5) is 11.4 Å². The lowest BCUT2D eigenvalue weighted by Crippen LogP contribution is -2.48. The number of anilines is 1. The van der Waals surface area contributed by atoms with Crippen molar-refractivity contribution in [2.75, 3.05) is 12.0 Å². The Morgan fingerprint density at radius 2 is 1.55 bits per heavy atom. The molecule has 0 N–H and O–H groups in total. The van der Waals surface area contributed by atoms with E-state index in [1.54, 1.807) is 54.6 Å². The van der Waals surface area contributed by atoms with Crippen molar-refractivity contribution >= 4 is 34.8 Å². The van der Waals surface area contributed by atoms with Crippen LogP contribution in [-0.4, -0.2) is 41.5 Å². The number of rotatable bonds is 5. The molecule has 8 nitrogen and oxygen atoms in total. The molecule has 7 rings (SSSR count). The van der Waals surface area contributed by atoms with Gasteiger partial charge in [0.05, 0.1) is 18.1 Å². The number of nitro groups is 1. The third-order valence-corrected chi connectivity index (χ3v) is 8.80. The molecule has 2 heterocycles. The van der Waals surface area contributed by atoms with Gasteiger partial charge in [0, 0.05) is 40.4 Å². The van der Waals surface area contributed by atoms with E-state index in [0.29, 0.717) is 33.7 Å². The molecule has 0 bridgehead atoms. The van der Waals surface area contributed by atoms with Crippen LogP contribution in [0, 0.1) is 15.5 Å². The summed E-state index contributed by atoms with van der Waals surface area (Å²) in [5.41, 5.74) is 0.975. The summed E-state index contributed by atoms with van der Waals surface area (Å²) < 4.78 is 5.29. The second kappa shape index (κ2) is 9.34. The quantitative estimate of drug-likeness (QED) is 0.130. The molecule has 206 valence electrons. The Labute approximate surface area is 241 Å². The summed E-state index contributed by atoms with van der Waals surface area (Å²) in [4.78, 5) is 57.2. The van der Waals surface area contributed by atoms with Crippen molar-refractivity contribution in [3.05, 3.63) is 141 Å². The molecule has 1 fully saturated rings. The lowest BCUT2D eigenvalue weighted by Gasteiger charge is -2.37. The van der Waals surface area contributed by atoms with Crippen molar-refractivity contribution in [1.29, 1.82) is 0 Å². The van der Waals surface area contributed by atoms with Gasteiger partial charge in [-0.1, -0.05) is 66.7 Å². The van der Waals surface area contributed by atoms with Gasteiger partial charge in [-0.15, -0.1) is 0 Å².